The molecule has 0 unspecified atom stereocenters. The van der Waals surface area contributed by atoms with Crippen molar-refractivity contribution in [2.75, 3.05) is 49.7 Å². The molecule has 0 saturated carbocycles. The Hall–Kier alpha value is -2.51. The molecule has 0 bridgehead atoms. The van der Waals surface area contributed by atoms with E-state index >= 15 is 0 Å². The molecule has 2 heterocycles. The number of anilines is 2. The lowest BCUT2D eigenvalue weighted by atomic mass is 10.2. The number of ether oxygens (including phenoxy) is 3. The lowest BCUT2D eigenvalue weighted by Gasteiger charge is -2.31. The molecule has 3 rings (SSSR count). The molecule has 1 N–H and O–H groups in total. The van der Waals surface area contributed by atoms with Crippen LogP contribution in [0.4, 0.5) is 11.4 Å². The van der Waals surface area contributed by atoms with E-state index in [-0.39, 0.29) is 5.91 Å². The third-order valence-electron chi connectivity index (χ3n) is 4.24. The maximum Gasteiger partial charge on any atom is 0.248 e. The quantitative estimate of drug-likeness (QED) is 0.676. The van der Waals surface area contributed by atoms with Crippen LogP contribution in [0.1, 0.15) is 19.4 Å². The van der Waals surface area contributed by atoms with E-state index in [2.05, 4.69) is 10.2 Å². The normalized spacial score (nSPS) is 14.3. The average Bonchev–Trinajstić information content (AvgIpc) is 3.23. The Morgan fingerprint density at radius 2 is 1.96 bits per heavy atom. The van der Waals surface area contributed by atoms with Gasteiger partial charge in [0.15, 0.2) is 0 Å². The van der Waals surface area contributed by atoms with Crippen LogP contribution >= 0.6 is 11.3 Å². The summed E-state index contributed by atoms with van der Waals surface area (Å²) in [4.78, 5) is 14.6. The molecule has 2 aromatic rings. The number of carbonyl (C=O) groups is 1. The van der Waals surface area contributed by atoms with Crippen molar-refractivity contribution in [3.05, 3.63) is 40.6 Å². The second-order valence-corrected chi connectivity index (χ2v) is 6.94. The SMILES string of the molecule is CCOc1cc(N2CCOCC2)c(OCC)cc1NC(=O)/C=C/c1ccsc1. The second kappa shape index (κ2) is 10.1. The van der Waals surface area contributed by atoms with Gasteiger partial charge in [0.1, 0.15) is 11.5 Å². The molecule has 0 spiro atoms. The van der Waals surface area contributed by atoms with Crippen molar-refractivity contribution >= 4 is 34.7 Å². The van der Waals surface area contributed by atoms with E-state index in [1.807, 2.05) is 42.8 Å². The Bertz CT molecular complexity index is 799. The Morgan fingerprint density at radius 3 is 2.64 bits per heavy atom. The summed E-state index contributed by atoms with van der Waals surface area (Å²) in [5.74, 6) is 1.14. The van der Waals surface area contributed by atoms with Crippen molar-refractivity contribution in [2.24, 2.45) is 0 Å². The van der Waals surface area contributed by atoms with Gasteiger partial charge < -0.3 is 24.4 Å². The van der Waals surface area contributed by atoms with Crippen LogP contribution in [0.25, 0.3) is 6.08 Å². The molecule has 6 nitrogen and oxygen atoms in total. The van der Waals surface area contributed by atoms with Crippen molar-refractivity contribution in [3.8, 4) is 11.5 Å². The summed E-state index contributed by atoms with van der Waals surface area (Å²) >= 11 is 1.59. The van der Waals surface area contributed by atoms with Crippen molar-refractivity contribution < 1.29 is 19.0 Å². The van der Waals surface area contributed by atoms with E-state index in [0.717, 1.165) is 30.1 Å². The zero-order valence-electron chi connectivity index (χ0n) is 16.3. The molecule has 0 atom stereocenters. The predicted molar refractivity (Wildman–Crippen MR) is 114 cm³/mol. The fourth-order valence-electron chi connectivity index (χ4n) is 2.96. The van der Waals surface area contributed by atoms with Gasteiger partial charge in [0, 0.05) is 31.3 Å². The topological polar surface area (TPSA) is 60.0 Å². The maximum atomic E-state index is 12.4. The maximum absolute atomic E-state index is 12.4. The molecular weight excluding hydrogens is 376 g/mol. The van der Waals surface area contributed by atoms with Gasteiger partial charge in [-0.3, -0.25) is 4.79 Å². The van der Waals surface area contributed by atoms with E-state index in [0.29, 0.717) is 37.9 Å². The smallest absolute Gasteiger partial charge is 0.248 e. The first-order valence-corrected chi connectivity index (χ1v) is 10.4. The van der Waals surface area contributed by atoms with Gasteiger partial charge in [-0.2, -0.15) is 11.3 Å². The van der Waals surface area contributed by atoms with Gasteiger partial charge in [0.05, 0.1) is 37.8 Å². The lowest BCUT2D eigenvalue weighted by molar-refractivity contribution is -0.111. The first-order valence-electron chi connectivity index (χ1n) is 9.48. The van der Waals surface area contributed by atoms with Crippen LogP contribution in [-0.2, 0) is 9.53 Å². The summed E-state index contributed by atoms with van der Waals surface area (Å²) in [5, 5.41) is 6.88. The molecule has 1 aromatic heterocycles. The van der Waals surface area contributed by atoms with Gasteiger partial charge in [0.2, 0.25) is 5.91 Å². The van der Waals surface area contributed by atoms with Crippen molar-refractivity contribution in [3.63, 3.8) is 0 Å². The molecular formula is C21H26N2O4S. The number of hydrogen-bond acceptors (Lipinski definition) is 6. The largest absolute Gasteiger partial charge is 0.492 e. The summed E-state index contributed by atoms with van der Waals surface area (Å²) < 4.78 is 17.1. The molecule has 0 radical (unpaired) electrons. The molecule has 1 aliphatic heterocycles. The summed E-state index contributed by atoms with van der Waals surface area (Å²) in [7, 11) is 0. The fraction of sp³-hybridized carbons (Fsp3) is 0.381. The van der Waals surface area contributed by atoms with Crippen LogP contribution < -0.4 is 19.7 Å². The standard InChI is InChI=1S/C21H26N2O4S/c1-3-26-19-14-18(23-8-10-25-11-9-23)20(27-4-2)13-17(19)22-21(24)6-5-16-7-12-28-15-16/h5-7,12-15H,3-4,8-11H2,1-2H3,(H,22,24)/b6-5+. The molecule has 1 aromatic carbocycles. The highest BCUT2D eigenvalue weighted by molar-refractivity contribution is 7.08. The van der Waals surface area contributed by atoms with Gasteiger partial charge >= 0.3 is 0 Å². The molecule has 150 valence electrons. The molecule has 0 aliphatic carbocycles. The molecule has 1 aliphatic rings. The van der Waals surface area contributed by atoms with Crippen LogP contribution in [0, 0.1) is 0 Å². The molecule has 1 saturated heterocycles. The molecule has 28 heavy (non-hydrogen) atoms. The minimum atomic E-state index is -0.214. The Kier molecular flexibility index (Phi) is 7.33. The number of amides is 1. The highest BCUT2D eigenvalue weighted by Crippen LogP contribution is 2.39. The van der Waals surface area contributed by atoms with Crippen LogP contribution in [0.2, 0.25) is 0 Å². The minimum Gasteiger partial charge on any atom is -0.492 e. The highest BCUT2D eigenvalue weighted by Gasteiger charge is 2.20. The van der Waals surface area contributed by atoms with Crippen LogP contribution in [0.15, 0.2) is 35.0 Å². The van der Waals surface area contributed by atoms with Gasteiger partial charge in [-0.05, 0) is 42.3 Å². The number of thiophene rings is 1. The Morgan fingerprint density at radius 1 is 1.21 bits per heavy atom. The van der Waals surface area contributed by atoms with Crippen LogP contribution in [0.3, 0.4) is 0 Å². The molecule has 1 fully saturated rings. The van der Waals surface area contributed by atoms with E-state index in [4.69, 9.17) is 14.2 Å². The second-order valence-electron chi connectivity index (χ2n) is 6.16. The Balaban J connectivity index is 1.85. The molecule has 1 amide bonds. The number of nitrogens with one attached hydrogen (secondary N) is 1. The summed E-state index contributed by atoms with van der Waals surface area (Å²) in [6, 6.07) is 5.75. The minimum absolute atomic E-state index is 0.214. The van der Waals surface area contributed by atoms with Gasteiger partial charge in [-0.25, -0.2) is 0 Å². The number of morpholine rings is 1. The van der Waals surface area contributed by atoms with Gasteiger partial charge in [0.25, 0.3) is 0 Å². The highest BCUT2D eigenvalue weighted by atomic mass is 32.1. The predicted octanol–water partition coefficient (Wildman–Crippen LogP) is 4.03. The van der Waals surface area contributed by atoms with E-state index in [1.54, 1.807) is 17.4 Å². The average molecular weight is 403 g/mol. The van der Waals surface area contributed by atoms with Crippen LogP contribution in [0.5, 0.6) is 11.5 Å². The van der Waals surface area contributed by atoms with Crippen LogP contribution in [-0.4, -0.2) is 45.4 Å². The molecule has 7 heteroatoms. The van der Waals surface area contributed by atoms with Gasteiger partial charge in [-0.1, -0.05) is 0 Å². The van der Waals surface area contributed by atoms with E-state index in [9.17, 15) is 4.79 Å². The number of hydrogen-bond donors (Lipinski definition) is 1. The monoisotopic (exact) mass is 402 g/mol. The number of benzene rings is 1. The summed E-state index contributed by atoms with van der Waals surface area (Å²) in [5.41, 5.74) is 2.56. The summed E-state index contributed by atoms with van der Waals surface area (Å²) in [6.07, 6.45) is 3.31. The lowest BCUT2D eigenvalue weighted by Crippen LogP contribution is -2.36. The number of carbonyl (C=O) groups excluding carboxylic acids is 1. The van der Waals surface area contributed by atoms with Crippen molar-refractivity contribution in [1.82, 2.24) is 0 Å². The first-order chi connectivity index (χ1) is 13.7. The third-order valence-corrected chi connectivity index (χ3v) is 4.94. The zero-order valence-corrected chi connectivity index (χ0v) is 17.1. The van der Waals surface area contributed by atoms with Crippen molar-refractivity contribution in [2.45, 2.75) is 13.8 Å². The Labute approximate surface area is 169 Å². The number of nitrogens with zero attached hydrogens (tertiary/aromatic N) is 1. The number of rotatable bonds is 8. The fourth-order valence-corrected chi connectivity index (χ4v) is 3.59. The summed E-state index contributed by atoms with van der Waals surface area (Å²) in [6.45, 7) is 7.86. The third kappa shape index (κ3) is 5.27. The first kappa shape index (κ1) is 20.2. The van der Waals surface area contributed by atoms with E-state index in [1.165, 1.54) is 6.08 Å². The van der Waals surface area contributed by atoms with Gasteiger partial charge in [-0.15, -0.1) is 0 Å². The van der Waals surface area contributed by atoms with Crippen molar-refractivity contribution in [1.29, 1.82) is 0 Å². The zero-order chi connectivity index (χ0) is 19.8. The van der Waals surface area contributed by atoms with E-state index < -0.39 is 0 Å².